The van der Waals surface area contributed by atoms with E-state index in [0.717, 1.165) is 11.3 Å². The first-order chi connectivity index (χ1) is 14.9. The molecule has 3 amide bonds. The zero-order chi connectivity index (χ0) is 24.1. The zero-order valence-corrected chi connectivity index (χ0v) is 19.6. The van der Waals surface area contributed by atoms with Crippen molar-refractivity contribution in [1.82, 2.24) is 14.9 Å². The minimum atomic E-state index is -0.623. The zero-order valence-electron chi connectivity index (χ0n) is 18.8. The first kappa shape index (κ1) is 24.9. The molecule has 12 heteroatoms. The third-order valence-corrected chi connectivity index (χ3v) is 4.82. The number of methoxy groups -OCH3 is 1. The number of thiazole rings is 1. The van der Waals surface area contributed by atoms with Gasteiger partial charge in [-0.3, -0.25) is 9.59 Å². The smallest absolute Gasteiger partial charge is 0.407 e. The van der Waals surface area contributed by atoms with Gasteiger partial charge in [-0.1, -0.05) is 0 Å². The van der Waals surface area contributed by atoms with Gasteiger partial charge in [0.25, 0.3) is 5.91 Å². The van der Waals surface area contributed by atoms with E-state index in [-0.39, 0.29) is 35.4 Å². The lowest BCUT2D eigenvalue weighted by molar-refractivity contribution is -0.116. The average molecular weight is 466 g/mol. The molecule has 2 aromatic heterocycles. The molecule has 0 atom stereocenters. The second-order valence-electron chi connectivity index (χ2n) is 7.82. The fourth-order valence-electron chi connectivity index (χ4n) is 2.57. The maximum Gasteiger partial charge on any atom is 0.407 e. The first-order valence-corrected chi connectivity index (χ1v) is 10.5. The molecule has 32 heavy (non-hydrogen) atoms. The molecular formula is C20H27N5O6S. The fraction of sp³-hybridized carbons (Fsp3) is 0.450. The summed E-state index contributed by atoms with van der Waals surface area (Å²) in [7, 11) is 2.93. The van der Waals surface area contributed by atoms with Crippen molar-refractivity contribution < 1.29 is 28.7 Å². The van der Waals surface area contributed by atoms with Crippen molar-refractivity contribution >= 4 is 46.0 Å². The van der Waals surface area contributed by atoms with Gasteiger partial charge in [0.05, 0.1) is 12.8 Å². The van der Waals surface area contributed by atoms with Gasteiger partial charge < -0.3 is 30.0 Å². The molecule has 0 aliphatic heterocycles. The van der Waals surface area contributed by atoms with E-state index in [4.69, 9.17) is 4.74 Å². The van der Waals surface area contributed by atoms with Gasteiger partial charge in [-0.15, -0.1) is 11.3 Å². The van der Waals surface area contributed by atoms with Gasteiger partial charge in [0, 0.05) is 31.1 Å². The van der Waals surface area contributed by atoms with Gasteiger partial charge >= 0.3 is 12.1 Å². The van der Waals surface area contributed by atoms with Gasteiger partial charge in [-0.2, -0.15) is 0 Å². The SMILES string of the molecule is COC(=O)c1cc(NC(=O)c2nc(NC(=O)CCNC(=O)OC(C)(C)C)sc2C)cn1C. The molecule has 2 rings (SSSR count). The van der Waals surface area contributed by atoms with Gasteiger partial charge in [0.1, 0.15) is 17.0 Å². The number of ether oxygens (including phenoxy) is 2. The Labute approximate surface area is 189 Å². The highest BCUT2D eigenvalue weighted by atomic mass is 32.1. The summed E-state index contributed by atoms with van der Waals surface area (Å²) in [5, 5.41) is 8.05. The van der Waals surface area contributed by atoms with Crippen LogP contribution in [0.4, 0.5) is 15.6 Å². The summed E-state index contributed by atoms with van der Waals surface area (Å²) in [6, 6.07) is 1.49. The topological polar surface area (TPSA) is 141 Å². The van der Waals surface area contributed by atoms with Crippen LogP contribution in [-0.2, 0) is 21.3 Å². The van der Waals surface area contributed by atoms with Crippen LogP contribution in [0.3, 0.4) is 0 Å². The number of carbonyl (C=O) groups is 4. The van der Waals surface area contributed by atoms with Crippen LogP contribution in [-0.4, -0.2) is 52.7 Å². The number of hydrogen-bond donors (Lipinski definition) is 3. The number of aromatic nitrogens is 2. The Balaban J connectivity index is 1.92. The standard InChI is InChI=1S/C20H27N5O6S/c1-11-15(16(27)22-12-9-13(17(28)30-6)25(5)10-12)24-18(32-11)23-14(26)7-8-21-19(29)31-20(2,3)4/h9-10H,7-8H2,1-6H3,(H,21,29)(H,22,27)(H,23,24,26). The van der Waals surface area contributed by atoms with Gasteiger partial charge in [0.2, 0.25) is 5.91 Å². The number of nitrogens with zero attached hydrogens (tertiary/aromatic N) is 2. The molecule has 0 spiro atoms. The van der Waals surface area contributed by atoms with Crippen molar-refractivity contribution in [2.75, 3.05) is 24.3 Å². The summed E-state index contributed by atoms with van der Waals surface area (Å²) < 4.78 is 11.3. The van der Waals surface area contributed by atoms with E-state index in [9.17, 15) is 19.2 Å². The van der Waals surface area contributed by atoms with Crippen molar-refractivity contribution in [3.8, 4) is 0 Å². The number of carbonyl (C=O) groups excluding carboxylic acids is 4. The van der Waals surface area contributed by atoms with E-state index in [1.807, 2.05) is 0 Å². The molecule has 2 aromatic rings. The summed E-state index contributed by atoms with van der Waals surface area (Å²) in [4.78, 5) is 52.8. The highest BCUT2D eigenvalue weighted by Gasteiger charge is 2.20. The molecule has 0 bridgehead atoms. The van der Waals surface area contributed by atoms with E-state index in [1.165, 1.54) is 17.7 Å². The highest BCUT2D eigenvalue weighted by Crippen LogP contribution is 2.23. The van der Waals surface area contributed by atoms with Crippen LogP contribution in [0.2, 0.25) is 0 Å². The van der Waals surface area contributed by atoms with E-state index < -0.39 is 23.6 Å². The Morgan fingerprint density at radius 2 is 1.88 bits per heavy atom. The highest BCUT2D eigenvalue weighted by molar-refractivity contribution is 7.16. The van der Waals surface area contributed by atoms with Crippen LogP contribution >= 0.6 is 11.3 Å². The Hall–Kier alpha value is -3.41. The molecule has 0 aliphatic rings. The second kappa shape index (κ2) is 10.3. The Morgan fingerprint density at radius 1 is 1.19 bits per heavy atom. The molecule has 0 saturated heterocycles. The fourth-order valence-corrected chi connectivity index (χ4v) is 3.39. The molecule has 11 nitrogen and oxygen atoms in total. The molecule has 0 unspecified atom stereocenters. The van der Waals surface area contributed by atoms with Crippen LogP contribution in [0.15, 0.2) is 12.3 Å². The Morgan fingerprint density at radius 3 is 2.50 bits per heavy atom. The molecular weight excluding hydrogens is 438 g/mol. The van der Waals surface area contributed by atoms with Crippen molar-refractivity contribution in [1.29, 1.82) is 0 Å². The predicted octanol–water partition coefficient (Wildman–Crippen LogP) is 2.68. The maximum atomic E-state index is 12.6. The largest absolute Gasteiger partial charge is 0.464 e. The quantitative estimate of drug-likeness (QED) is 0.534. The molecule has 0 radical (unpaired) electrons. The lowest BCUT2D eigenvalue weighted by Crippen LogP contribution is -2.34. The molecule has 2 heterocycles. The van der Waals surface area contributed by atoms with Gasteiger partial charge in [0.15, 0.2) is 5.13 Å². The molecule has 0 fully saturated rings. The minimum absolute atomic E-state index is 0.0136. The van der Waals surface area contributed by atoms with Crippen LogP contribution in [0.25, 0.3) is 0 Å². The van der Waals surface area contributed by atoms with Crippen LogP contribution in [0, 0.1) is 6.92 Å². The van der Waals surface area contributed by atoms with E-state index >= 15 is 0 Å². The molecule has 0 saturated carbocycles. The van der Waals surface area contributed by atoms with Gasteiger partial charge in [-0.05, 0) is 33.8 Å². The molecule has 0 aromatic carbocycles. The van der Waals surface area contributed by atoms with Crippen LogP contribution < -0.4 is 16.0 Å². The first-order valence-electron chi connectivity index (χ1n) is 9.69. The number of esters is 1. The maximum absolute atomic E-state index is 12.6. The number of anilines is 2. The number of amides is 3. The number of rotatable bonds is 7. The van der Waals surface area contributed by atoms with Crippen molar-refractivity contribution in [3.63, 3.8) is 0 Å². The monoisotopic (exact) mass is 465 g/mol. The summed E-state index contributed by atoms with van der Waals surface area (Å²) in [5.74, 6) is -1.37. The molecule has 3 N–H and O–H groups in total. The van der Waals surface area contributed by atoms with Crippen molar-refractivity contribution in [3.05, 3.63) is 28.5 Å². The number of aryl methyl sites for hydroxylation is 2. The van der Waals surface area contributed by atoms with Crippen molar-refractivity contribution in [2.45, 2.75) is 39.7 Å². The molecule has 174 valence electrons. The van der Waals surface area contributed by atoms with Crippen LogP contribution in [0.5, 0.6) is 0 Å². The lowest BCUT2D eigenvalue weighted by Gasteiger charge is -2.19. The summed E-state index contributed by atoms with van der Waals surface area (Å²) in [6.07, 6.45) is 0.983. The Bertz CT molecular complexity index is 1020. The van der Waals surface area contributed by atoms with E-state index in [1.54, 1.807) is 40.9 Å². The minimum Gasteiger partial charge on any atom is -0.464 e. The normalized spacial score (nSPS) is 10.9. The predicted molar refractivity (Wildman–Crippen MR) is 119 cm³/mol. The number of alkyl carbamates (subject to hydrolysis) is 1. The summed E-state index contributed by atoms with van der Waals surface area (Å²) >= 11 is 1.15. The summed E-state index contributed by atoms with van der Waals surface area (Å²) in [6.45, 7) is 7.03. The van der Waals surface area contributed by atoms with E-state index in [0.29, 0.717) is 10.6 Å². The molecule has 0 aliphatic carbocycles. The number of hydrogen-bond acceptors (Lipinski definition) is 8. The summed E-state index contributed by atoms with van der Waals surface area (Å²) in [5.41, 5.74) is 0.220. The third kappa shape index (κ3) is 7.08. The lowest BCUT2D eigenvalue weighted by atomic mass is 10.2. The Kier molecular flexibility index (Phi) is 7.97. The van der Waals surface area contributed by atoms with Crippen LogP contribution in [0.1, 0.15) is 53.0 Å². The third-order valence-electron chi connectivity index (χ3n) is 3.94. The average Bonchev–Trinajstić information content (AvgIpc) is 3.21. The van der Waals surface area contributed by atoms with Crippen molar-refractivity contribution in [2.24, 2.45) is 7.05 Å². The second-order valence-corrected chi connectivity index (χ2v) is 9.02. The van der Waals surface area contributed by atoms with E-state index in [2.05, 4.69) is 25.7 Å². The van der Waals surface area contributed by atoms with Gasteiger partial charge in [-0.25, -0.2) is 14.6 Å². The number of nitrogens with one attached hydrogen (secondary N) is 3.